The Hall–Kier alpha value is -1.10. The second kappa shape index (κ2) is 8.37. The molecule has 1 heterocycles. The van der Waals surface area contributed by atoms with Gasteiger partial charge in [-0.25, -0.2) is 4.79 Å². The lowest BCUT2D eigenvalue weighted by atomic mass is 9.91. The van der Waals surface area contributed by atoms with E-state index in [2.05, 4.69) is 11.8 Å². The molecule has 0 radical (unpaired) electrons. The topological polar surface area (TPSA) is 55.6 Å². The SMILES string of the molecule is COC(=O)c1ccc(CN2CCC(C(C)N)CC2)cc1.Cl. The average molecular weight is 313 g/mol. The lowest BCUT2D eigenvalue weighted by Gasteiger charge is -2.33. The lowest BCUT2D eigenvalue weighted by Crippen LogP contribution is -2.39. The smallest absolute Gasteiger partial charge is 0.337 e. The van der Waals surface area contributed by atoms with Gasteiger partial charge in [0.1, 0.15) is 0 Å². The first-order chi connectivity index (χ1) is 9.60. The van der Waals surface area contributed by atoms with E-state index in [4.69, 9.17) is 10.5 Å². The maximum absolute atomic E-state index is 11.4. The van der Waals surface area contributed by atoms with Crippen LogP contribution in [0.25, 0.3) is 0 Å². The second-order valence-corrected chi connectivity index (χ2v) is 5.66. The number of esters is 1. The van der Waals surface area contributed by atoms with E-state index in [1.165, 1.54) is 25.5 Å². The molecule has 1 aliphatic heterocycles. The molecule has 1 unspecified atom stereocenters. The third-order valence-electron chi connectivity index (χ3n) is 4.16. The van der Waals surface area contributed by atoms with Crippen LogP contribution in [-0.2, 0) is 11.3 Å². The predicted molar refractivity (Wildman–Crippen MR) is 86.7 cm³/mol. The summed E-state index contributed by atoms with van der Waals surface area (Å²) in [6.07, 6.45) is 2.36. The zero-order valence-corrected chi connectivity index (χ0v) is 13.6. The number of nitrogens with two attached hydrogens (primary N) is 1. The van der Waals surface area contributed by atoms with Crippen molar-refractivity contribution >= 4 is 18.4 Å². The summed E-state index contributed by atoms with van der Waals surface area (Å²) in [7, 11) is 1.40. The second-order valence-electron chi connectivity index (χ2n) is 5.66. The van der Waals surface area contributed by atoms with Gasteiger partial charge in [-0.2, -0.15) is 0 Å². The fourth-order valence-corrected chi connectivity index (χ4v) is 2.76. The van der Waals surface area contributed by atoms with E-state index in [0.717, 1.165) is 19.6 Å². The van der Waals surface area contributed by atoms with Gasteiger partial charge in [0.25, 0.3) is 0 Å². The molecule has 0 aromatic heterocycles. The van der Waals surface area contributed by atoms with Gasteiger partial charge < -0.3 is 10.5 Å². The molecule has 0 spiro atoms. The number of rotatable bonds is 4. The quantitative estimate of drug-likeness (QED) is 0.868. The van der Waals surface area contributed by atoms with E-state index in [0.29, 0.717) is 17.5 Å². The Kier molecular flexibility index (Phi) is 7.15. The van der Waals surface area contributed by atoms with Crippen molar-refractivity contribution in [3.05, 3.63) is 35.4 Å². The van der Waals surface area contributed by atoms with E-state index < -0.39 is 0 Å². The lowest BCUT2D eigenvalue weighted by molar-refractivity contribution is 0.0600. The molecule has 118 valence electrons. The molecule has 0 aliphatic carbocycles. The van der Waals surface area contributed by atoms with Gasteiger partial charge in [0, 0.05) is 12.6 Å². The minimum Gasteiger partial charge on any atom is -0.465 e. The number of likely N-dealkylation sites (tertiary alicyclic amines) is 1. The number of nitrogens with zero attached hydrogens (tertiary/aromatic N) is 1. The van der Waals surface area contributed by atoms with E-state index in [9.17, 15) is 4.79 Å². The molecule has 2 N–H and O–H groups in total. The summed E-state index contributed by atoms with van der Waals surface area (Å²) in [5.41, 5.74) is 7.80. The summed E-state index contributed by atoms with van der Waals surface area (Å²) in [4.78, 5) is 13.8. The summed E-state index contributed by atoms with van der Waals surface area (Å²) in [5, 5.41) is 0. The van der Waals surface area contributed by atoms with Crippen LogP contribution in [0.1, 0.15) is 35.7 Å². The van der Waals surface area contributed by atoms with E-state index >= 15 is 0 Å². The van der Waals surface area contributed by atoms with Gasteiger partial charge >= 0.3 is 5.97 Å². The maximum Gasteiger partial charge on any atom is 0.337 e. The molecular formula is C16H25ClN2O2. The van der Waals surface area contributed by atoms with Crippen molar-refractivity contribution < 1.29 is 9.53 Å². The average Bonchev–Trinajstić information content (AvgIpc) is 2.48. The Labute approximate surface area is 133 Å². The fourth-order valence-electron chi connectivity index (χ4n) is 2.76. The van der Waals surface area contributed by atoms with Crippen molar-refractivity contribution in [2.75, 3.05) is 20.2 Å². The minimum atomic E-state index is -0.283. The molecular weight excluding hydrogens is 288 g/mol. The standard InChI is InChI=1S/C16H24N2O2.ClH/c1-12(17)14-7-9-18(10-8-14)11-13-3-5-15(6-4-13)16(19)20-2;/h3-6,12,14H,7-11,17H2,1-2H3;1H. The summed E-state index contributed by atoms with van der Waals surface area (Å²) in [5.74, 6) is 0.377. The van der Waals surface area contributed by atoms with Gasteiger partial charge in [-0.3, -0.25) is 4.90 Å². The van der Waals surface area contributed by atoms with Gasteiger partial charge in [0.05, 0.1) is 12.7 Å². The highest BCUT2D eigenvalue weighted by Crippen LogP contribution is 2.21. The first kappa shape index (κ1) is 18.0. The summed E-state index contributed by atoms with van der Waals surface area (Å²) in [6.45, 7) is 5.24. The highest BCUT2D eigenvalue weighted by Gasteiger charge is 2.21. The monoisotopic (exact) mass is 312 g/mol. The first-order valence-electron chi connectivity index (χ1n) is 7.25. The molecule has 0 saturated carbocycles. The summed E-state index contributed by atoms with van der Waals surface area (Å²) >= 11 is 0. The van der Waals surface area contributed by atoms with Crippen molar-refractivity contribution in [2.24, 2.45) is 11.7 Å². The zero-order chi connectivity index (χ0) is 14.5. The Balaban J connectivity index is 0.00000220. The van der Waals surface area contributed by atoms with Crippen LogP contribution in [0, 0.1) is 5.92 Å². The largest absolute Gasteiger partial charge is 0.465 e. The third-order valence-corrected chi connectivity index (χ3v) is 4.16. The van der Waals surface area contributed by atoms with Gasteiger partial charge in [-0.15, -0.1) is 12.4 Å². The van der Waals surface area contributed by atoms with Crippen LogP contribution in [0.15, 0.2) is 24.3 Å². The van der Waals surface area contributed by atoms with Gasteiger partial charge in [-0.05, 0) is 56.5 Å². The molecule has 1 fully saturated rings. The fraction of sp³-hybridized carbons (Fsp3) is 0.562. The Morgan fingerprint density at radius 3 is 2.38 bits per heavy atom. The highest BCUT2D eigenvalue weighted by atomic mass is 35.5. The number of piperidine rings is 1. The normalized spacial score (nSPS) is 17.9. The van der Waals surface area contributed by atoms with Crippen LogP contribution in [0.4, 0.5) is 0 Å². The molecule has 0 bridgehead atoms. The number of benzene rings is 1. The predicted octanol–water partition coefficient (Wildman–Crippen LogP) is 2.45. The van der Waals surface area contributed by atoms with E-state index in [-0.39, 0.29) is 18.4 Å². The Morgan fingerprint density at radius 2 is 1.90 bits per heavy atom. The molecule has 1 aromatic rings. The van der Waals surface area contributed by atoms with Crippen LogP contribution in [0.3, 0.4) is 0 Å². The van der Waals surface area contributed by atoms with Gasteiger partial charge in [-0.1, -0.05) is 12.1 Å². The number of ether oxygens (including phenoxy) is 1. The Bertz CT molecular complexity index is 440. The number of hydrogen-bond acceptors (Lipinski definition) is 4. The molecule has 1 aromatic carbocycles. The van der Waals surface area contributed by atoms with Crippen LogP contribution in [-0.4, -0.2) is 37.1 Å². The minimum absolute atomic E-state index is 0. The van der Waals surface area contributed by atoms with Crippen molar-refractivity contribution in [1.29, 1.82) is 0 Å². The van der Waals surface area contributed by atoms with Crippen molar-refractivity contribution in [3.63, 3.8) is 0 Å². The first-order valence-corrected chi connectivity index (χ1v) is 7.25. The van der Waals surface area contributed by atoms with Crippen molar-refractivity contribution in [1.82, 2.24) is 4.90 Å². The molecule has 21 heavy (non-hydrogen) atoms. The number of halogens is 1. The van der Waals surface area contributed by atoms with Crippen LogP contribution >= 0.6 is 12.4 Å². The molecule has 1 atom stereocenters. The van der Waals surface area contributed by atoms with Crippen LogP contribution in [0.2, 0.25) is 0 Å². The molecule has 1 aliphatic rings. The van der Waals surface area contributed by atoms with Gasteiger partial charge in [0.2, 0.25) is 0 Å². The summed E-state index contributed by atoms with van der Waals surface area (Å²) in [6, 6.07) is 7.97. The maximum atomic E-state index is 11.4. The van der Waals surface area contributed by atoms with Crippen molar-refractivity contribution in [2.45, 2.75) is 32.4 Å². The molecule has 4 nitrogen and oxygen atoms in total. The number of methoxy groups -OCH3 is 1. The van der Waals surface area contributed by atoms with Crippen LogP contribution < -0.4 is 5.73 Å². The Morgan fingerprint density at radius 1 is 1.33 bits per heavy atom. The molecule has 2 rings (SSSR count). The molecule has 5 heteroatoms. The molecule has 1 saturated heterocycles. The number of carbonyl (C=O) groups is 1. The van der Waals surface area contributed by atoms with Gasteiger partial charge in [0.15, 0.2) is 0 Å². The van der Waals surface area contributed by atoms with Crippen molar-refractivity contribution in [3.8, 4) is 0 Å². The zero-order valence-electron chi connectivity index (χ0n) is 12.7. The summed E-state index contributed by atoms with van der Waals surface area (Å²) < 4.78 is 4.70. The molecule has 0 amide bonds. The van der Waals surface area contributed by atoms with E-state index in [1.807, 2.05) is 24.3 Å². The highest BCUT2D eigenvalue weighted by molar-refractivity contribution is 5.89. The number of carbonyl (C=O) groups excluding carboxylic acids is 1. The van der Waals surface area contributed by atoms with E-state index in [1.54, 1.807) is 0 Å². The third kappa shape index (κ3) is 4.99. The number of hydrogen-bond donors (Lipinski definition) is 1. The van der Waals surface area contributed by atoms with Crippen LogP contribution in [0.5, 0.6) is 0 Å².